The van der Waals surface area contributed by atoms with Crippen molar-refractivity contribution in [2.24, 2.45) is 5.92 Å². The quantitative estimate of drug-likeness (QED) is 0.845. The van der Waals surface area contributed by atoms with Gasteiger partial charge < -0.3 is 15.2 Å². The van der Waals surface area contributed by atoms with Crippen LogP contribution in [0.4, 0.5) is 0 Å². The topological polar surface area (TPSA) is 75.6 Å². The van der Waals surface area contributed by atoms with Crippen LogP contribution in [0.2, 0.25) is 0 Å². The van der Waals surface area contributed by atoms with Gasteiger partial charge in [0.2, 0.25) is 0 Å². The molecule has 0 aliphatic carbocycles. The van der Waals surface area contributed by atoms with Crippen molar-refractivity contribution in [3.8, 4) is 0 Å². The molecule has 102 valence electrons. The maximum atomic E-state index is 11.9. The molecular formula is C14H17NO4. The van der Waals surface area contributed by atoms with E-state index in [1.807, 2.05) is 12.1 Å². The largest absolute Gasteiger partial charge is 0.481 e. The van der Waals surface area contributed by atoms with Crippen molar-refractivity contribution in [3.63, 3.8) is 0 Å². The molecule has 19 heavy (non-hydrogen) atoms. The summed E-state index contributed by atoms with van der Waals surface area (Å²) in [5.41, 5.74) is 2.76. The third-order valence-corrected chi connectivity index (χ3v) is 3.27. The fourth-order valence-corrected chi connectivity index (χ4v) is 1.94. The lowest BCUT2D eigenvalue weighted by molar-refractivity contribution is -0.141. The molecule has 0 spiro atoms. The molecule has 0 bridgehead atoms. The zero-order chi connectivity index (χ0) is 13.8. The van der Waals surface area contributed by atoms with Crippen LogP contribution in [0.5, 0.6) is 0 Å². The monoisotopic (exact) mass is 263 g/mol. The first-order valence-corrected chi connectivity index (χ1v) is 6.28. The van der Waals surface area contributed by atoms with Crippen LogP contribution in [0.3, 0.4) is 0 Å². The van der Waals surface area contributed by atoms with E-state index in [0.717, 1.165) is 11.1 Å². The van der Waals surface area contributed by atoms with Crippen LogP contribution in [0, 0.1) is 5.92 Å². The molecule has 1 aliphatic rings. The summed E-state index contributed by atoms with van der Waals surface area (Å²) in [6.45, 7) is 3.14. The summed E-state index contributed by atoms with van der Waals surface area (Å²) in [6.07, 6.45) is 0.426. The number of amides is 1. The first kappa shape index (κ1) is 13.5. The number of carbonyl (C=O) groups excluding carboxylic acids is 1. The Hall–Kier alpha value is -1.88. The van der Waals surface area contributed by atoms with E-state index in [9.17, 15) is 9.59 Å². The van der Waals surface area contributed by atoms with Crippen molar-refractivity contribution in [2.45, 2.75) is 26.6 Å². The molecule has 0 saturated carbocycles. The molecule has 1 aliphatic heterocycles. The van der Waals surface area contributed by atoms with Gasteiger partial charge in [0.1, 0.15) is 0 Å². The second kappa shape index (κ2) is 5.84. The standard InChI is InChI=1S/C14H17NO4/c1-9(14(17)18)4-5-15-13(16)10-2-3-11-7-19-8-12(11)6-10/h2-3,6,9H,4-5,7-8H2,1H3,(H,15,16)(H,17,18). The minimum Gasteiger partial charge on any atom is -0.481 e. The van der Waals surface area contributed by atoms with Crippen molar-refractivity contribution >= 4 is 11.9 Å². The number of carboxylic acids is 1. The van der Waals surface area contributed by atoms with Gasteiger partial charge in [-0.25, -0.2) is 0 Å². The number of hydrogen-bond donors (Lipinski definition) is 2. The molecule has 0 aromatic heterocycles. The highest BCUT2D eigenvalue weighted by molar-refractivity contribution is 5.94. The molecule has 1 unspecified atom stereocenters. The maximum absolute atomic E-state index is 11.9. The first-order valence-electron chi connectivity index (χ1n) is 6.28. The zero-order valence-corrected chi connectivity index (χ0v) is 10.8. The summed E-state index contributed by atoms with van der Waals surface area (Å²) in [7, 11) is 0. The van der Waals surface area contributed by atoms with Crippen LogP contribution >= 0.6 is 0 Å². The Morgan fingerprint density at radius 2 is 2.11 bits per heavy atom. The van der Waals surface area contributed by atoms with E-state index >= 15 is 0 Å². The highest BCUT2D eigenvalue weighted by Crippen LogP contribution is 2.20. The molecule has 5 nitrogen and oxygen atoms in total. The molecule has 1 atom stereocenters. The van der Waals surface area contributed by atoms with Gasteiger partial charge in [-0.15, -0.1) is 0 Å². The molecule has 1 heterocycles. The summed E-state index contributed by atoms with van der Waals surface area (Å²) in [6, 6.07) is 5.50. The first-order chi connectivity index (χ1) is 9.08. The molecule has 1 amide bonds. The van der Waals surface area contributed by atoms with E-state index in [1.54, 1.807) is 13.0 Å². The van der Waals surface area contributed by atoms with Gasteiger partial charge in [-0.05, 0) is 29.7 Å². The van der Waals surface area contributed by atoms with E-state index in [1.165, 1.54) is 0 Å². The maximum Gasteiger partial charge on any atom is 0.306 e. The van der Waals surface area contributed by atoms with Crippen LogP contribution in [-0.4, -0.2) is 23.5 Å². The van der Waals surface area contributed by atoms with E-state index < -0.39 is 11.9 Å². The van der Waals surface area contributed by atoms with Gasteiger partial charge in [0.15, 0.2) is 0 Å². The number of rotatable bonds is 5. The van der Waals surface area contributed by atoms with E-state index in [4.69, 9.17) is 9.84 Å². The third-order valence-electron chi connectivity index (χ3n) is 3.27. The van der Waals surface area contributed by atoms with Gasteiger partial charge in [0, 0.05) is 12.1 Å². The fourth-order valence-electron chi connectivity index (χ4n) is 1.94. The van der Waals surface area contributed by atoms with E-state index in [2.05, 4.69) is 5.32 Å². The Kier molecular flexibility index (Phi) is 4.16. The Bertz CT molecular complexity index is 498. The van der Waals surface area contributed by atoms with Gasteiger partial charge in [-0.2, -0.15) is 0 Å². The molecule has 1 aromatic rings. The van der Waals surface area contributed by atoms with E-state index in [-0.39, 0.29) is 5.91 Å². The van der Waals surface area contributed by atoms with Gasteiger partial charge >= 0.3 is 5.97 Å². The predicted molar refractivity (Wildman–Crippen MR) is 68.7 cm³/mol. The number of benzene rings is 1. The number of fused-ring (bicyclic) bond motifs is 1. The summed E-state index contributed by atoms with van der Waals surface area (Å²) in [4.78, 5) is 22.5. The molecular weight excluding hydrogens is 246 g/mol. The molecule has 2 rings (SSSR count). The minimum absolute atomic E-state index is 0.174. The van der Waals surface area contributed by atoms with Crippen molar-refractivity contribution in [3.05, 3.63) is 34.9 Å². The molecule has 0 saturated heterocycles. The van der Waals surface area contributed by atoms with Crippen molar-refractivity contribution in [1.29, 1.82) is 0 Å². The Morgan fingerprint density at radius 3 is 2.84 bits per heavy atom. The number of ether oxygens (including phenoxy) is 1. The number of carbonyl (C=O) groups is 2. The highest BCUT2D eigenvalue weighted by Gasteiger charge is 2.15. The third kappa shape index (κ3) is 3.32. The second-order valence-corrected chi connectivity index (χ2v) is 4.76. The molecule has 5 heteroatoms. The lowest BCUT2D eigenvalue weighted by Gasteiger charge is -2.08. The average molecular weight is 263 g/mol. The smallest absolute Gasteiger partial charge is 0.306 e. The molecule has 0 radical (unpaired) electrons. The normalized spacial score (nSPS) is 14.8. The van der Waals surface area contributed by atoms with Crippen LogP contribution in [0.25, 0.3) is 0 Å². The lowest BCUT2D eigenvalue weighted by atomic mass is 10.1. The van der Waals surface area contributed by atoms with Crippen molar-refractivity contribution < 1.29 is 19.4 Å². The molecule has 1 aromatic carbocycles. The lowest BCUT2D eigenvalue weighted by Crippen LogP contribution is -2.27. The number of aliphatic carboxylic acids is 1. The van der Waals surface area contributed by atoms with Crippen molar-refractivity contribution in [1.82, 2.24) is 5.32 Å². The second-order valence-electron chi connectivity index (χ2n) is 4.76. The average Bonchev–Trinajstić information content (AvgIpc) is 2.85. The van der Waals surface area contributed by atoms with E-state index in [0.29, 0.717) is 31.7 Å². The van der Waals surface area contributed by atoms with Crippen LogP contribution in [-0.2, 0) is 22.7 Å². The van der Waals surface area contributed by atoms with Gasteiger partial charge in [0.05, 0.1) is 19.1 Å². The SMILES string of the molecule is CC(CCNC(=O)c1ccc2c(c1)COC2)C(=O)O. The van der Waals surface area contributed by atoms with Gasteiger partial charge in [-0.3, -0.25) is 9.59 Å². The Balaban J connectivity index is 1.88. The minimum atomic E-state index is -0.844. The number of nitrogens with one attached hydrogen (secondary N) is 1. The summed E-state index contributed by atoms with van der Waals surface area (Å²) in [5, 5.41) is 11.5. The highest BCUT2D eigenvalue weighted by atomic mass is 16.5. The summed E-state index contributed by atoms with van der Waals surface area (Å²) in [5.74, 6) is -1.47. The molecule has 2 N–H and O–H groups in total. The predicted octanol–water partition coefficient (Wildman–Crippen LogP) is 1.56. The van der Waals surface area contributed by atoms with Crippen LogP contribution in [0.1, 0.15) is 34.8 Å². The zero-order valence-electron chi connectivity index (χ0n) is 10.8. The Morgan fingerprint density at radius 1 is 1.37 bits per heavy atom. The summed E-state index contributed by atoms with van der Waals surface area (Å²) >= 11 is 0. The van der Waals surface area contributed by atoms with Gasteiger partial charge in [-0.1, -0.05) is 13.0 Å². The van der Waals surface area contributed by atoms with Crippen molar-refractivity contribution in [2.75, 3.05) is 6.54 Å². The number of hydrogen-bond acceptors (Lipinski definition) is 3. The van der Waals surface area contributed by atoms with Crippen LogP contribution < -0.4 is 5.32 Å². The van der Waals surface area contributed by atoms with Gasteiger partial charge in [0.25, 0.3) is 5.91 Å². The van der Waals surface area contributed by atoms with Crippen LogP contribution in [0.15, 0.2) is 18.2 Å². The number of carboxylic acid groups (broad SMARTS) is 1. The fraction of sp³-hybridized carbons (Fsp3) is 0.429. The summed E-state index contributed by atoms with van der Waals surface area (Å²) < 4.78 is 5.29. The molecule has 0 fully saturated rings. The Labute approximate surface area is 111 Å².